The molecular weight excluding hydrogens is 232 g/mol. The second kappa shape index (κ2) is 6.73. The van der Waals surface area contributed by atoms with Crippen molar-refractivity contribution >= 4 is 11.9 Å². The maximum Gasteiger partial charge on any atom is 0.323 e. The van der Waals surface area contributed by atoms with Crippen LogP contribution in [0.15, 0.2) is 0 Å². The molecule has 0 aliphatic carbocycles. The van der Waals surface area contributed by atoms with Crippen molar-refractivity contribution in [1.29, 1.82) is 0 Å². The molecule has 2 N–H and O–H groups in total. The van der Waals surface area contributed by atoms with Crippen molar-refractivity contribution in [3.05, 3.63) is 0 Å². The third-order valence-electron chi connectivity index (χ3n) is 3.56. The SMILES string of the molecule is CCCC(C)(NCC(=O)N1CCCCC1)C(=O)O. The molecule has 0 aromatic rings. The molecule has 104 valence electrons. The highest BCUT2D eigenvalue weighted by Gasteiger charge is 2.32. The van der Waals surface area contributed by atoms with Gasteiger partial charge in [0.05, 0.1) is 6.54 Å². The number of carbonyl (C=O) groups excluding carboxylic acids is 1. The monoisotopic (exact) mass is 256 g/mol. The lowest BCUT2D eigenvalue weighted by atomic mass is 9.96. The summed E-state index contributed by atoms with van der Waals surface area (Å²) in [4.78, 5) is 25.0. The molecule has 1 unspecified atom stereocenters. The fourth-order valence-electron chi connectivity index (χ4n) is 2.30. The zero-order chi connectivity index (χ0) is 13.6. The second-order valence-electron chi connectivity index (χ2n) is 5.18. The molecule has 0 aromatic heterocycles. The van der Waals surface area contributed by atoms with Gasteiger partial charge in [-0.1, -0.05) is 13.3 Å². The van der Waals surface area contributed by atoms with E-state index in [-0.39, 0.29) is 12.5 Å². The van der Waals surface area contributed by atoms with Crippen molar-refractivity contribution in [1.82, 2.24) is 10.2 Å². The smallest absolute Gasteiger partial charge is 0.323 e. The van der Waals surface area contributed by atoms with Crippen molar-refractivity contribution < 1.29 is 14.7 Å². The summed E-state index contributed by atoms with van der Waals surface area (Å²) in [5.74, 6) is -0.880. The quantitative estimate of drug-likeness (QED) is 0.750. The minimum atomic E-state index is -1.000. The highest BCUT2D eigenvalue weighted by atomic mass is 16.4. The van der Waals surface area contributed by atoms with Crippen LogP contribution in [0.3, 0.4) is 0 Å². The van der Waals surface area contributed by atoms with Gasteiger partial charge in [-0.15, -0.1) is 0 Å². The molecule has 5 heteroatoms. The van der Waals surface area contributed by atoms with E-state index >= 15 is 0 Å². The summed E-state index contributed by atoms with van der Waals surface area (Å²) in [5.41, 5.74) is -1.000. The molecule has 1 rings (SSSR count). The summed E-state index contributed by atoms with van der Waals surface area (Å²) in [7, 11) is 0. The minimum Gasteiger partial charge on any atom is -0.480 e. The van der Waals surface area contributed by atoms with E-state index in [4.69, 9.17) is 0 Å². The van der Waals surface area contributed by atoms with Crippen LogP contribution in [-0.2, 0) is 9.59 Å². The number of amides is 1. The Morgan fingerprint density at radius 3 is 2.39 bits per heavy atom. The van der Waals surface area contributed by atoms with Crippen LogP contribution < -0.4 is 5.32 Å². The standard InChI is InChI=1S/C13H24N2O3/c1-3-7-13(2,12(17)18)14-10-11(16)15-8-5-4-6-9-15/h14H,3-10H2,1-2H3,(H,17,18). The van der Waals surface area contributed by atoms with Crippen molar-refractivity contribution in [3.63, 3.8) is 0 Å². The van der Waals surface area contributed by atoms with Gasteiger partial charge in [0.1, 0.15) is 5.54 Å². The van der Waals surface area contributed by atoms with Crippen LogP contribution >= 0.6 is 0 Å². The van der Waals surface area contributed by atoms with Gasteiger partial charge in [-0.2, -0.15) is 0 Å². The number of hydrogen-bond donors (Lipinski definition) is 2. The van der Waals surface area contributed by atoms with Gasteiger partial charge in [-0.3, -0.25) is 14.9 Å². The van der Waals surface area contributed by atoms with Gasteiger partial charge in [-0.25, -0.2) is 0 Å². The lowest BCUT2D eigenvalue weighted by molar-refractivity contribution is -0.145. The van der Waals surface area contributed by atoms with E-state index in [1.165, 1.54) is 6.42 Å². The van der Waals surface area contributed by atoms with E-state index in [0.717, 1.165) is 32.4 Å². The summed E-state index contributed by atoms with van der Waals surface area (Å²) < 4.78 is 0. The molecule has 5 nitrogen and oxygen atoms in total. The first kappa shape index (κ1) is 15.0. The first-order chi connectivity index (χ1) is 8.49. The highest BCUT2D eigenvalue weighted by Crippen LogP contribution is 2.13. The van der Waals surface area contributed by atoms with E-state index in [2.05, 4.69) is 5.32 Å². The number of carboxylic acids is 1. The Hall–Kier alpha value is -1.10. The fraction of sp³-hybridized carbons (Fsp3) is 0.846. The molecule has 1 amide bonds. The largest absolute Gasteiger partial charge is 0.480 e. The molecule has 1 aliphatic rings. The molecule has 1 heterocycles. The number of nitrogens with zero attached hydrogens (tertiary/aromatic N) is 1. The third kappa shape index (κ3) is 3.98. The van der Waals surface area contributed by atoms with E-state index in [9.17, 15) is 14.7 Å². The number of rotatable bonds is 6. The van der Waals surface area contributed by atoms with E-state index in [1.807, 2.05) is 11.8 Å². The molecular formula is C13H24N2O3. The summed E-state index contributed by atoms with van der Waals surface area (Å²) >= 11 is 0. The number of carbonyl (C=O) groups is 2. The lowest BCUT2D eigenvalue weighted by Gasteiger charge is -2.30. The number of piperidine rings is 1. The van der Waals surface area contributed by atoms with Crippen molar-refractivity contribution in [3.8, 4) is 0 Å². The number of hydrogen-bond acceptors (Lipinski definition) is 3. The first-order valence-corrected chi connectivity index (χ1v) is 6.76. The Balaban J connectivity index is 2.46. The Morgan fingerprint density at radius 2 is 1.89 bits per heavy atom. The molecule has 1 saturated heterocycles. The normalized spacial score (nSPS) is 19.3. The van der Waals surface area contributed by atoms with Gasteiger partial charge >= 0.3 is 5.97 Å². The Bertz CT molecular complexity index is 301. The van der Waals surface area contributed by atoms with Crippen LogP contribution in [0.2, 0.25) is 0 Å². The van der Waals surface area contributed by atoms with Crippen LogP contribution in [0.4, 0.5) is 0 Å². The summed E-state index contributed by atoms with van der Waals surface area (Å²) in [6.45, 7) is 5.30. The molecule has 18 heavy (non-hydrogen) atoms. The van der Waals surface area contributed by atoms with Gasteiger partial charge in [-0.05, 0) is 32.6 Å². The topological polar surface area (TPSA) is 69.6 Å². The maximum absolute atomic E-state index is 11.9. The molecule has 1 atom stereocenters. The molecule has 0 aromatic carbocycles. The van der Waals surface area contributed by atoms with Gasteiger partial charge < -0.3 is 10.0 Å². The summed E-state index contributed by atoms with van der Waals surface area (Å²) in [6.07, 6.45) is 4.58. The summed E-state index contributed by atoms with van der Waals surface area (Å²) in [6, 6.07) is 0. The number of carboxylic acid groups (broad SMARTS) is 1. The van der Waals surface area contributed by atoms with E-state index in [0.29, 0.717) is 6.42 Å². The molecule has 0 saturated carbocycles. The second-order valence-corrected chi connectivity index (χ2v) is 5.18. The molecule has 0 spiro atoms. The average molecular weight is 256 g/mol. The third-order valence-corrected chi connectivity index (χ3v) is 3.56. The Labute approximate surface area is 109 Å². The van der Waals surface area contributed by atoms with Crippen molar-refractivity contribution in [2.75, 3.05) is 19.6 Å². The lowest BCUT2D eigenvalue weighted by Crippen LogP contribution is -2.53. The van der Waals surface area contributed by atoms with Crippen LogP contribution in [-0.4, -0.2) is 47.1 Å². The molecule has 0 bridgehead atoms. The molecule has 0 radical (unpaired) electrons. The zero-order valence-electron chi connectivity index (χ0n) is 11.4. The fourth-order valence-corrected chi connectivity index (χ4v) is 2.30. The van der Waals surface area contributed by atoms with Crippen molar-refractivity contribution in [2.45, 2.75) is 51.5 Å². The van der Waals surface area contributed by atoms with Crippen LogP contribution in [0.1, 0.15) is 46.0 Å². The predicted octanol–water partition coefficient (Wildman–Crippen LogP) is 1.23. The van der Waals surface area contributed by atoms with Gasteiger partial charge in [0.15, 0.2) is 0 Å². The average Bonchev–Trinajstić information content (AvgIpc) is 2.37. The van der Waals surface area contributed by atoms with Crippen LogP contribution in [0.25, 0.3) is 0 Å². The number of nitrogens with one attached hydrogen (secondary N) is 1. The minimum absolute atomic E-state index is 0.0123. The number of aliphatic carboxylic acids is 1. The molecule has 1 aliphatic heterocycles. The highest BCUT2D eigenvalue weighted by molar-refractivity contribution is 5.82. The van der Waals surface area contributed by atoms with E-state index in [1.54, 1.807) is 6.92 Å². The zero-order valence-corrected chi connectivity index (χ0v) is 11.4. The Morgan fingerprint density at radius 1 is 1.28 bits per heavy atom. The van der Waals surface area contributed by atoms with E-state index < -0.39 is 11.5 Å². The maximum atomic E-state index is 11.9. The van der Waals surface area contributed by atoms with Crippen molar-refractivity contribution in [2.24, 2.45) is 0 Å². The first-order valence-electron chi connectivity index (χ1n) is 6.76. The summed E-state index contributed by atoms with van der Waals surface area (Å²) in [5, 5.41) is 12.1. The Kier molecular flexibility index (Phi) is 5.59. The molecule has 1 fully saturated rings. The van der Waals surface area contributed by atoms with Gasteiger partial charge in [0, 0.05) is 13.1 Å². The van der Waals surface area contributed by atoms with Gasteiger partial charge in [0.2, 0.25) is 5.91 Å². The van der Waals surface area contributed by atoms with Crippen LogP contribution in [0.5, 0.6) is 0 Å². The van der Waals surface area contributed by atoms with Gasteiger partial charge in [0.25, 0.3) is 0 Å². The number of likely N-dealkylation sites (tertiary alicyclic amines) is 1. The predicted molar refractivity (Wildman–Crippen MR) is 69.4 cm³/mol. The van der Waals surface area contributed by atoms with Crippen LogP contribution in [0, 0.1) is 0 Å².